The van der Waals surface area contributed by atoms with Crippen LogP contribution in [0.25, 0.3) is 10.6 Å². The first-order valence-electron chi connectivity index (χ1n) is 7.74. The van der Waals surface area contributed by atoms with Crippen LogP contribution >= 0.6 is 27.3 Å². The molecule has 142 valence electrons. The van der Waals surface area contributed by atoms with E-state index in [1.54, 1.807) is 37.1 Å². The van der Waals surface area contributed by atoms with E-state index in [0.29, 0.717) is 16.1 Å². The Morgan fingerprint density at radius 3 is 2.85 bits per heavy atom. The molecule has 27 heavy (non-hydrogen) atoms. The number of aryl methyl sites for hydroxylation is 1. The highest BCUT2D eigenvalue weighted by Crippen LogP contribution is 2.28. The summed E-state index contributed by atoms with van der Waals surface area (Å²) in [7, 11) is -2.37. The van der Waals surface area contributed by atoms with Crippen molar-refractivity contribution in [2.45, 2.75) is 11.8 Å². The number of sulfonamides is 1. The molecule has 1 N–H and O–H groups in total. The molecule has 0 atom stereocenters. The average Bonchev–Trinajstić information content (AvgIpc) is 3.25. The Morgan fingerprint density at radius 1 is 1.41 bits per heavy atom. The number of ether oxygens (including phenoxy) is 1. The van der Waals surface area contributed by atoms with Gasteiger partial charge >= 0.3 is 0 Å². The maximum atomic E-state index is 12.7. The van der Waals surface area contributed by atoms with E-state index in [1.807, 2.05) is 4.72 Å². The third-order valence-corrected chi connectivity index (χ3v) is 6.15. The van der Waals surface area contributed by atoms with Crippen LogP contribution in [0.5, 0.6) is 5.75 Å². The molecule has 1 aromatic carbocycles. The Bertz CT molecular complexity index is 1090. The fourth-order valence-electron chi connectivity index (χ4n) is 2.24. The molecule has 8 nitrogen and oxygen atoms in total. The van der Waals surface area contributed by atoms with Crippen LogP contribution in [0.4, 0.5) is 0 Å². The average molecular weight is 471 g/mol. The molecule has 3 rings (SSSR count). The summed E-state index contributed by atoms with van der Waals surface area (Å²) >= 11 is 4.46. The van der Waals surface area contributed by atoms with Crippen molar-refractivity contribution >= 4 is 43.2 Å². The second kappa shape index (κ2) is 7.79. The van der Waals surface area contributed by atoms with Gasteiger partial charge in [-0.3, -0.25) is 9.48 Å². The standard InChI is InChI=1S/C16H15BrN4O4S2/c1-3-25-13-5-4-11(17)6-14(13)27(23,24)20-15(22)12-9-26-16(19-12)10-7-18-21(2)8-10/h4-9H,3H2,1-2H3,(H,20,22). The third-order valence-electron chi connectivity index (χ3n) is 3.41. The molecule has 1 amide bonds. The number of thiazole rings is 1. The first kappa shape index (κ1) is 19.5. The number of amides is 1. The summed E-state index contributed by atoms with van der Waals surface area (Å²) in [6.07, 6.45) is 3.38. The predicted octanol–water partition coefficient (Wildman–Crippen LogP) is 2.82. The minimum absolute atomic E-state index is 0.00962. The summed E-state index contributed by atoms with van der Waals surface area (Å²) in [6.45, 7) is 2.03. The van der Waals surface area contributed by atoms with Crippen molar-refractivity contribution in [2.24, 2.45) is 7.05 Å². The number of carbonyl (C=O) groups excluding carboxylic acids is 1. The second-order valence-electron chi connectivity index (χ2n) is 5.40. The van der Waals surface area contributed by atoms with Crippen LogP contribution < -0.4 is 9.46 Å². The van der Waals surface area contributed by atoms with Gasteiger partial charge in [-0.1, -0.05) is 15.9 Å². The number of carbonyl (C=O) groups is 1. The van der Waals surface area contributed by atoms with Gasteiger partial charge in [-0.15, -0.1) is 11.3 Å². The molecule has 0 unspecified atom stereocenters. The first-order chi connectivity index (χ1) is 12.8. The van der Waals surface area contributed by atoms with E-state index < -0.39 is 15.9 Å². The fourth-order valence-corrected chi connectivity index (χ4v) is 4.66. The van der Waals surface area contributed by atoms with Gasteiger partial charge in [0, 0.05) is 28.7 Å². The van der Waals surface area contributed by atoms with Crippen molar-refractivity contribution in [3.8, 4) is 16.3 Å². The van der Waals surface area contributed by atoms with E-state index in [-0.39, 0.29) is 16.3 Å². The molecule has 11 heteroatoms. The molecular weight excluding hydrogens is 456 g/mol. The van der Waals surface area contributed by atoms with Gasteiger partial charge in [0.2, 0.25) is 0 Å². The van der Waals surface area contributed by atoms with Crippen LogP contribution in [-0.2, 0) is 17.1 Å². The molecule has 3 aromatic rings. The lowest BCUT2D eigenvalue weighted by molar-refractivity contribution is 0.0977. The monoisotopic (exact) mass is 470 g/mol. The van der Waals surface area contributed by atoms with Crippen LogP contribution in [-0.4, -0.2) is 35.7 Å². The number of nitrogens with one attached hydrogen (secondary N) is 1. The van der Waals surface area contributed by atoms with Crippen molar-refractivity contribution < 1.29 is 17.9 Å². The molecule has 2 heterocycles. The number of benzene rings is 1. The molecule has 0 aliphatic rings. The van der Waals surface area contributed by atoms with Crippen molar-refractivity contribution in [3.05, 3.63) is 46.1 Å². The van der Waals surface area contributed by atoms with Crippen molar-refractivity contribution in [2.75, 3.05) is 6.61 Å². The van der Waals surface area contributed by atoms with Gasteiger partial charge in [-0.05, 0) is 25.1 Å². The lowest BCUT2D eigenvalue weighted by Crippen LogP contribution is -2.31. The van der Waals surface area contributed by atoms with E-state index in [4.69, 9.17) is 4.74 Å². The van der Waals surface area contributed by atoms with Gasteiger partial charge in [0.05, 0.1) is 12.8 Å². The maximum Gasteiger partial charge on any atom is 0.284 e. The minimum atomic E-state index is -4.14. The molecular formula is C16H15BrN4O4S2. The molecule has 0 spiro atoms. The topological polar surface area (TPSA) is 103 Å². The highest BCUT2D eigenvalue weighted by molar-refractivity contribution is 9.10. The number of hydrogen-bond acceptors (Lipinski definition) is 7. The largest absolute Gasteiger partial charge is 0.492 e. The highest BCUT2D eigenvalue weighted by Gasteiger charge is 2.25. The molecule has 0 saturated heterocycles. The molecule has 0 fully saturated rings. The molecule has 0 radical (unpaired) electrons. The minimum Gasteiger partial charge on any atom is -0.492 e. The van der Waals surface area contributed by atoms with Crippen LogP contribution in [0.2, 0.25) is 0 Å². The van der Waals surface area contributed by atoms with Crippen LogP contribution in [0, 0.1) is 0 Å². The van der Waals surface area contributed by atoms with Gasteiger partial charge in [-0.2, -0.15) is 5.10 Å². The summed E-state index contributed by atoms with van der Waals surface area (Å²) < 4.78 is 34.9. The Balaban J connectivity index is 1.85. The molecule has 0 aliphatic carbocycles. The number of aromatic nitrogens is 3. The summed E-state index contributed by atoms with van der Waals surface area (Å²) in [5.74, 6) is -0.654. The Hall–Kier alpha value is -2.24. The Labute approximate surface area is 168 Å². The van der Waals surface area contributed by atoms with E-state index in [1.165, 1.54) is 28.8 Å². The number of hydrogen-bond donors (Lipinski definition) is 1. The zero-order valence-corrected chi connectivity index (χ0v) is 17.6. The summed E-state index contributed by atoms with van der Waals surface area (Å²) in [5, 5.41) is 6.12. The van der Waals surface area contributed by atoms with Crippen molar-refractivity contribution in [3.63, 3.8) is 0 Å². The van der Waals surface area contributed by atoms with Crippen molar-refractivity contribution in [1.29, 1.82) is 0 Å². The van der Waals surface area contributed by atoms with E-state index in [0.717, 1.165) is 5.56 Å². The second-order valence-corrected chi connectivity index (χ2v) is 8.82. The predicted molar refractivity (Wildman–Crippen MR) is 104 cm³/mol. The first-order valence-corrected chi connectivity index (χ1v) is 10.9. The zero-order valence-electron chi connectivity index (χ0n) is 14.3. The lowest BCUT2D eigenvalue weighted by atomic mass is 10.3. The quantitative estimate of drug-likeness (QED) is 0.593. The van der Waals surface area contributed by atoms with Crippen LogP contribution in [0.3, 0.4) is 0 Å². The van der Waals surface area contributed by atoms with E-state index in [9.17, 15) is 13.2 Å². The summed E-state index contributed by atoms with van der Waals surface area (Å²) in [6, 6.07) is 4.56. The van der Waals surface area contributed by atoms with Gasteiger partial charge in [0.15, 0.2) is 0 Å². The molecule has 0 bridgehead atoms. The van der Waals surface area contributed by atoms with Crippen LogP contribution in [0.1, 0.15) is 17.4 Å². The molecule has 0 aliphatic heterocycles. The highest BCUT2D eigenvalue weighted by atomic mass is 79.9. The number of halogens is 1. The number of rotatable bonds is 6. The smallest absolute Gasteiger partial charge is 0.284 e. The van der Waals surface area contributed by atoms with Crippen molar-refractivity contribution in [1.82, 2.24) is 19.5 Å². The Kier molecular flexibility index (Phi) is 5.63. The van der Waals surface area contributed by atoms with Gasteiger partial charge in [-0.25, -0.2) is 18.1 Å². The van der Waals surface area contributed by atoms with Gasteiger partial charge in [0.25, 0.3) is 15.9 Å². The summed E-state index contributed by atoms with van der Waals surface area (Å²) in [5.41, 5.74) is 0.755. The third kappa shape index (κ3) is 4.37. The van der Waals surface area contributed by atoms with E-state index >= 15 is 0 Å². The molecule has 2 aromatic heterocycles. The SMILES string of the molecule is CCOc1ccc(Br)cc1S(=O)(=O)NC(=O)c1csc(-c2cnn(C)c2)n1. The zero-order chi connectivity index (χ0) is 19.6. The maximum absolute atomic E-state index is 12.7. The summed E-state index contributed by atoms with van der Waals surface area (Å²) in [4.78, 5) is 16.5. The normalized spacial score (nSPS) is 11.4. The van der Waals surface area contributed by atoms with E-state index in [2.05, 4.69) is 26.0 Å². The van der Waals surface area contributed by atoms with Gasteiger partial charge in [0.1, 0.15) is 21.3 Å². The van der Waals surface area contributed by atoms with Crippen LogP contribution in [0.15, 0.2) is 45.3 Å². The Morgan fingerprint density at radius 2 is 2.19 bits per heavy atom. The molecule has 0 saturated carbocycles. The lowest BCUT2D eigenvalue weighted by Gasteiger charge is -2.11. The van der Waals surface area contributed by atoms with Gasteiger partial charge < -0.3 is 4.74 Å². The number of nitrogens with zero attached hydrogens (tertiary/aromatic N) is 3. The fraction of sp³-hybridized carbons (Fsp3) is 0.188.